The maximum Gasteiger partial charge on any atom is 0.278 e. The summed E-state index contributed by atoms with van der Waals surface area (Å²) in [5.74, 6) is 0. The van der Waals surface area contributed by atoms with E-state index < -0.39 is 0 Å². The quantitative estimate of drug-likeness (QED) is 0.893. The number of nitrogens with zero attached hydrogens (tertiary/aromatic N) is 2. The minimum atomic E-state index is -0.188. The molecule has 5 heteroatoms. The van der Waals surface area contributed by atoms with Crippen molar-refractivity contribution in [2.75, 3.05) is 36.9 Å². The lowest BCUT2D eigenvalue weighted by molar-refractivity contribution is 0.122. The smallest absolute Gasteiger partial charge is 0.278 e. The van der Waals surface area contributed by atoms with Gasteiger partial charge in [-0.15, -0.1) is 0 Å². The minimum absolute atomic E-state index is 0.188. The van der Waals surface area contributed by atoms with Crippen molar-refractivity contribution in [1.29, 1.82) is 0 Å². The van der Waals surface area contributed by atoms with E-state index in [1.807, 2.05) is 24.3 Å². The van der Waals surface area contributed by atoms with Crippen molar-refractivity contribution in [1.82, 2.24) is 4.57 Å². The number of hydrogen-bond acceptors (Lipinski definition) is 4. The average molecular weight is 271 g/mol. The highest BCUT2D eigenvalue weighted by Gasteiger charge is 2.11. The van der Waals surface area contributed by atoms with Crippen LogP contribution >= 0.6 is 0 Å². The molecule has 2 heterocycles. The maximum atomic E-state index is 12.0. The summed E-state index contributed by atoms with van der Waals surface area (Å²) in [4.78, 5) is 14.2. The molecule has 0 amide bonds. The van der Waals surface area contributed by atoms with Crippen molar-refractivity contribution in [3.05, 3.63) is 52.9 Å². The van der Waals surface area contributed by atoms with Gasteiger partial charge < -0.3 is 15.4 Å². The average Bonchev–Trinajstić information content (AvgIpc) is 2.51. The van der Waals surface area contributed by atoms with E-state index in [1.54, 1.807) is 22.9 Å². The molecule has 1 fully saturated rings. The van der Waals surface area contributed by atoms with Gasteiger partial charge in [-0.3, -0.25) is 9.36 Å². The first-order valence-electron chi connectivity index (χ1n) is 6.66. The highest BCUT2D eigenvalue weighted by Crippen LogP contribution is 2.18. The van der Waals surface area contributed by atoms with Crippen LogP contribution in [-0.4, -0.2) is 30.9 Å². The molecule has 5 nitrogen and oxygen atoms in total. The molecule has 1 aromatic carbocycles. The van der Waals surface area contributed by atoms with Gasteiger partial charge in [0, 0.05) is 30.7 Å². The second-order valence-electron chi connectivity index (χ2n) is 4.75. The topological polar surface area (TPSA) is 60.5 Å². The summed E-state index contributed by atoms with van der Waals surface area (Å²) in [6, 6.07) is 11.3. The molecule has 0 radical (unpaired) electrons. The van der Waals surface area contributed by atoms with Crippen molar-refractivity contribution in [3.63, 3.8) is 0 Å². The highest BCUT2D eigenvalue weighted by molar-refractivity contribution is 5.52. The summed E-state index contributed by atoms with van der Waals surface area (Å²) in [7, 11) is 0. The SMILES string of the molecule is Nc1cccn(-c2ccc(N3CCOCC3)cc2)c1=O. The van der Waals surface area contributed by atoms with Crippen LogP contribution in [0.4, 0.5) is 11.4 Å². The van der Waals surface area contributed by atoms with E-state index in [-0.39, 0.29) is 11.2 Å². The zero-order valence-corrected chi connectivity index (χ0v) is 11.2. The van der Waals surface area contributed by atoms with E-state index >= 15 is 0 Å². The second kappa shape index (κ2) is 5.38. The number of morpholine rings is 1. The molecule has 0 atom stereocenters. The van der Waals surface area contributed by atoms with E-state index in [0.717, 1.165) is 37.7 Å². The Hall–Kier alpha value is -2.27. The molecule has 20 heavy (non-hydrogen) atoms. The maximum absolute atomic E-state index is 12.0. The molecule has 0 aliphatic carbocycles. The molecule has 0 unspecified atom stereocenters. The van der Waals surface area contributed by atoms with Gasteiger partial charge in [-0.1, -0.05) is 0 Å². The Morgan fingerprint density at radius 1 is 1.00 bits per heavy atom. The van der Waals surface area contributed by atoms with Crippen molar-refractivity contribution >= 4 is 11.4 Å². The zero-order valence-electron chi connectivity index (χ0n) is 11.2. The summed E-state index contributed by atoms with van der Waals surface area (Å²) in [6.07, 6.45) is 1.72. The Kier molecular flexibility index (Phi) is 3.43. The van der Waals surface area contributed by atoms with Gasteiger partial charge in [0.05, 0.1) is 18.9 Å². The van der Waals surface area contributed by atoms with Gasteiger partial charge in [0.25, 0.3) is 5.56 Å². The summed E-state index contributed by atoms with van der Waals surface area (Å²) in [5, 5.41) is 0. The number of rotatable bonds is 2. The zero-order chi connectivity index (χ0) is 13.9. The molecule has 2 N–H and O–H groups in total. The van der Waals surface area contributed by atoms with Crippen LogP contribution in [0.25, 0.3) is 5.69 Å². The second-order valence-corrected chi connectivity index (χ2v) is 4.75. The van der Waals surface area contributed by atoms with E-state index in [4.69, 9.17) is 10.5 Å². The first-order chi connectivity index (χ1) is 9.75. The number of benzene rings is 1. The molecule has 2 aromatic rings. The molecule has 104 valence electrons. The van der Waals surface area contributed by atoms with Crippen LogP contribution in [0.15, 0.2) is 47.4 Å². The highest BCUT2D eigenvalue weighted by atomic mass is 16.5. The third kappa shape index (κ3) is 2.40. The third-order valence-corrected chi connectivity index (χ3v) is 3.48. The fourth-order valence-electron chi connectivity index (χ4n) is 2.36. The number of hydrogen-bond donors (Lipinski definition) is 1. The molecule has 1 aliphatic heterocycles. The molecule has 0 spiro atoms. The largest absolute Gasteiger partial charge is 0.394 e. The lowest BCUT2D eigenvalue weighted by Crippen LogP contribution is -2.36. The van der Waals surface area contributed by atoms with Gasteiger partial charge in [-0.05, 0) is 36.4 Å². The summed E-state index contributed by atoms with van der Waals surface area (Å²) >= 11 is 0. The van der Waals surface area contributed by atoms with Crippen molar-refractivity contribution < 1.29 is 4.74 Å². The summed E-state index contributed by atoms with van der Waals surface area (Å²) in [5.41, 5.74) is 7.68. The van der Waals surface area contributed by atoms with Gasteiger partial charge in [0.15, 0.2) is 0 Å². The van der Waals surface area contributed by atoms with E-state index in [9.17, 15) is 4.79 Å². The minimum Gasteiger partial charge on any atom is -0.394 e. The van der Waals surface area contributed by atoms with Gasteiger partial charge in [-0.2, -0.15) is 0 Å². The monoisotopic (exact) mass is 271 g/mol. The van der Waals surface area contributed by atoms with E-state index in [2.05, 4.69) is 4.90 Å². The predicted octanol–water partition coefficient (Wildman–Crippen LogP) is 1.26. The first kappa shape index (κ1) is 12.7. The van der Waals surface area contributed by atoms with Gasteiger partial charge >= 0.3 is 0 Å². The molecular weight excluding hydrogens is 254 g/mol. The van der Waals surface area contributed by atoms with Crippen LogP contribution in [0.3, 0.4) is 0 Å². The number of anilines is 2. The van der Waals surface area contributed by atoms with Crippen LogP contribution in [0, 0.1) is 0 Å². The number of pyridine rings is 1. The van der Waals surface area contributed by atoms with Crippen LogP contribution < -0.4 is 16.2 Å². The molecule has 0 bridgehead atoms. The normalized spacial score (nSPS) is 15.3. The standard InChI is InChI=1S/C15H17N3O2/c16-14-2-1-7-18(15(14)19)13-5-3-12(4-6-13)17-8-10-20-11-9-17/h1-7H,8-11,16H2. The number of nitrogens with two attached hydrogens (primary N) is 1. The van der Waals surface area contributed by atoms with Crippen molar-refractivity contribution in [2.45, 2.75) is 0 Å². The van der Waals surface area contributed by atoms with E-state index in [0.29, 0.717) is 0 Å². The Morgan fingerprint density at radius 3 is 2.35 bits per heavy atom. The van der Waals surface area contributed by atoms with Crippen molar-refractivity contribution in [3.8, 4) is 5.69 Å². The Balaban J connectivity index is 1.89. The molecule has 0 saturated carbocycles. The fourth-order valence-corrected chi connectivity index (χ4v) is 2.36. The van der Waals surface area contributed by atoms with Crippen LogP contribution in [0.1, 0.15) is 0 Å². The van der Waals surface area contributed by atoms with Gasteiger partial charge in [0.1, 0.15) is 0 Å². The van der Waals surface area contributed by atoms with Crippen molar-refractivity contribution in [2.24, 2.45) is 0 Å². The fraction of sp³-hybridized carbons (Fsp3) is 0.267. The van der Waals surface area contributed by atoms with Crippen LogP contribution in [0.2, 0.25) is 0 Å². The molecule has 1 saturated heterocycles. The number of nitrogen functional groups attached to an aromatic ring is 1. The summed E-state index contributed by atoms with van der Waals surface area (Å²) in [6.45, 7) is 3.32. The third-order valence-electron chi connectivity index (χ3n) is 3.48. The molecule has 3 rings (SSSR count). The number of ether oxygens (including phenoxy) is 1. The Labute approximate surface area is 117 Å². The van der Waals surface area contributed by atoms with Gasteiger partial charge in [0.2, 0.25) is 0 Å². The van der Waals surface area contributed by atoms with Gasteiger partial charge in [-0.25, -0.2) is 0 Å². The molecule has 1 aromatic heterocycles. The Morgan fingerprint density at radius 2 is 1.65 bits per heavy atom. The van der Waals surface area contributed by atoms with E-state index in [1.165, 1.54) is 0 Å². The van der Waals surface area contributed by atoms with Crippen LogP contribution in [-0.2, 0) is 4.74 Å². The first-order valence-corrected chi connectivity index (χ1v) is 6.66. The summed E-state index contributed by atoms with van der Waals surface area (Å²) < 4.78 is 6.90. The Bertz CT molecular complexity index is 643. The predicted molar refractivity (Wildman–Crippen MR) is 79.5 cm³/mol. The lowest BCUT2D eigenvalue weighted by atomic mass is 10.2. The molecular formula is C15H17N3O2. The number of aromatic nitrogens is 1. The lowest BCUT2D eigenvalue weighted by Gasteiger charge is -2.28. The molecule has 1 aliphatic rings. The van der Waals surface area contributed by atoms with Crippen LogP contribution in [0.5, 0.6) is 0 Å².